The summed E-state index contributed by atoms with van der Waals surface area (Å²) in [6.45, 7) is 6.78. The number of carbonyl (C=O) groups excluding carboxylic acids is 1. The first-order valence-corrected chi connectivity index (χ1v) is 14.0. The van der Waals surface area contributed by atoms with Crippen molar-refractivity contribution in [3.63, 3.8) is 0 Å². The van der Waals surface area contributed by atoms with Gasteiger partial charge in [0.1, 0.15) is 5.78 Å². The van der Waals surface area contributed by atoms with Crippen molar-refractivity contribution < 1.29 is 24.6 Å². The first kappa shape index (κ1) is 25.7. The Labute approximate surface area is 205 Å². The lowest BCUT2D eigenvalue weighted by Gasteiger charge is -2.61. The molecule has 0 aromatic rings. The van der Waals surface area contributed by atoms with Crippen LogP contribution in [0.4, 0.5) is 0 Å². The van der Waals surface area contributed by atoms with Crippen LogP contribution in [0.2, 0.25) is 0 Å². The minimum atomic E-state index is -0.755. The summed E-state index contributed by atoms with van der Waals surface area (Å²) >= 11 is 0. The minimum absolute atomic E-state index is 0.183. The average molecular weight is 475 g/mol. The van der Waals surface area contributed by atoms with Crippen LogP contribution in [0.15, 0.2) is 0 Å². The standard InChI is InChI=1S/C29H46O5/c1-18(30)23-10-11-24-22-9-8-21-17-20(19(7-12-27(33)34)5-4-6-26(31)32)13-15-28(21,2)25(22)14-16-29(23,24)3/h19-25H,4-17H2,1-3H3,(H,31,32)(H,33,34)/t19?,20?,21?,22-,23+,24-,25-,28-,29+/m0/s1. The molecule has 9 atom stereocenters. The van der Waals surface area contributed by atoms with Gasteiger partial charge in [-0.25, -0.2) is 0 Å². The van der Waals surface area contributed by atoms with Gasteiger partial charge >= 0.3 is 11.9 Å². The third-order valence-corrected chi connectivity index (χ3v) is 11.6. The van der Waals surface area contributed by atoms with Crippen molar-refractivity contribution in [2.75, 3.05) is 0 Å². The highest BCUT2D eigenvalue weighted by Crippen LogP contribution is 2.68. The second kappa shape index (κ2) is 9.93. The summed E-state index contributed by atoms with van der Waals surface area (Å²) in [4.78, 5) is 34.7. The highest BCUT2D eigenvalue weighted by Gasteiger charge is 2.60. The molecule has 0 spiro atoms. The Balaban J connectivity index is 1.45. The molecule has 0 aromatic heterocycles. The molecule has 0 aromatic carbocycles. The second-order valence-corrected chi connectivity index (χ2v) is 13.0. The van der Waals surface area contributed by atoms with Gasteiger partial charge in [0.2, 0.25) is 0 Å². The SMILES string of the molecule is CC(=O)[C@H]1CC[C@H]2[C@@H]3CCC4CC(C(CCCC(=O)O)CCC(=O)O)CC[C@]4(C)[C@H]3CC[C@]12C. The first-order valence-electron chi connectivity index (χ1n) is 14.0. The summed E-state index contributed by atoms with van der Waals surface area (Å²) < 4.78 is 0. The van der Waals surface area contributed by atoms with Crippen LogP contribution in [0.3, 0.4) is 0 Å². The van der Waals surface area contributed by atoms with Crippen LogP contribution in [-0.4, -0.2) is 27.9 Å². The number of Topliss-reactive ketones (excluding diaryl/α,β-unsaturated/α-hetero) is 1. The van der Waals surface area contributed by atoms with Gasteiger partial charge in [-0.15, -0.1) is 0 Å². The Kier molecular flexibility index (Phi) is 7.51. The van der Waals surface area contributed by atoms with Gasteiger partial charge in [-0.3, -0.25) is 14.4 Å². The van der Waals surface area contributed by atoms with Crippen LogP contribution >= 0.6 is 0 Å². The van der Waals surface area contributed by atoms with E-state index in [2.05, 4.69) is 13.8 Å². The molecule has 0 saturated heterocycles. The number of hydrogen-bond donors (Lipinski definition) is 2. The molecular weight excluding hydrogens is 428 g/mol. The Morgan fingerprint density at radius 3 is 2.18 bits per heavy atom. The normalized spacial score (nSPS) is 42.2. The molecule has 4 rings (SSSR count). The van der Waals surface area contributed by atoms with Crippen molar-refractivity contribution in [1.82, 2.24) is 0 Å². The van der Waals surface area contributed by atoms with Gasteiger partial charge in [0.25, 0.3) is 0 Å². The monoisotopic (exact) mass is 474 g/mol. The van der Waals surface area contributed by atoms with E-state index in [0.29, 0.717) is 47.7 Å². The fraction of sp³-hybridized carbons (Fsp3) is 0.897. The molecule has 34 heavy (non-hydrogen) atoms. The molecule has 0 radical (unpaired) electrons. The number of hydrogen-bond acceptors (Lipinski definition) is 3. The van der Waals surface area contributed by atoms with E-state index in [-0.39, 0.29) is 24.2 Å². The van der Waals surface area contributed by atoms with E-state index in [1.165, 1.54) is 44.9 Å². The van der Waals surface area contributed by atoms with Gasteiger partial charge in [0, 0.05) is 18.8 Å². The molecule has 3 unspecified atom stereocenters. The van der Waals surface area contributed by atoms with Crippen molar-refractivity contribution in [3.05, 3.63) is 0 Å². The van der Waals surface area contributed by atoms with Gasteiger partial charge in [0.05, 0.1) is 0 Å². The lowest BCUT2D eigenvalue weighted by atomic mass is 9.43. The van der Waals surface area contributed by atoms with Gasteiger partial charge in [0.15, 0.2) is 0 Å². The van der Waals surface area contributed by atoms with Crippen molar-refractivity contribution >= 4 is 17.7 Å². The number of fused-ring (bicyclic) bond motifs is 5. The number of carboxylic acids is 2. The minimum Gasteiger partial charge on any atom is -0.481 e. The molecular formula is C29H46O5. The quantitative estimate of drug-likeness (QED) is 0.393. The molecule has 4 fully saturated rings. The van der Waals surface area contributed by atoms with Crippen LogP contribution in [-0.2, 0) is 14.4 Å². The summed E-state index contributed by atoms with van der Waals surface area (Å²) in [5.74, 6) is 2.97. The Morgan fingerprint density at radius 1 is 0.824 bits per heavy atom. The highest BCUT2D eigenvalue weighted by molar-refractivity contribution is 5.79. The van der Waals surface area contributed by atoms with Gasteiger partial charge in [-0.05, 0) is 130 Å². The van der Waals surface area contributed by atoms with Crippen LogP contribution in [0, 0.1) is 52.3 Å². The number of aliphatic carboxylic acids is 2. The maximum absolute atomic E-state index is 12.4. The van der Waals surface area contributed by atoms with E-state index in [0.717, 1.165) is 31.1 Å². The molecule has 4 aliphatic rings. The lowest BCUT2D eigenvalue weighted by molar-refractivity contribution is -0.140. The maximum Gasteiger partial charge on any atom is 0.303 e. The van der Waals surface area contributed by atoms with Crippen LogP contribution in [0.25, 0.3) is 0 Å². The Bertz CT molecular complexity index is 791. The topological polar surface area (TPSA) is 91.7 Å². The fourth-order valence-corrected chi connectivity index (χ4v) is 9.83. The lowest BCUT2D eigenvalue weighted by Crippen LogP contribution is -2.54. The summed E-state index contributed by atoms with van der Waals surface area (Å²) in [6.07, 6.45) is 13.5. The van der Waals surface area contributed by atoms with E-state index < -0.39 is 11.9 Å². The maximum atomic E-state index is 12.4. The van der Waals surface area contributed by atoms with Crippen molar-refractivity contribution in [3.8, 4) is 0 Å². The van der Waals surface area contributed by atoms with Crippen LogP contribution in [0.5, 0.6) is 0 Å². The predicted octanol–water partition coefficient (Wildman–Crippen LogP) is 6.59. The predicted molar refractivity (Wildman–Crippen MR) is 131 cm³/mol. The molecule has 0 amide bonds. The van der Waals surface area contributed by atoms with Crippen molar-refractivity contribution in [2.45, 2.75) is 111 Å². The van der Waals surface area contributed by atoms with E-state index in [4.69, 9.17) is 5.11 Å². The summed E-state index contributed by atoms with van der Waals surface area (Å²) in [7, 11) is 0. The molecule has 0 aliphatic heterocycles. The van der Waals surface area contributed by atoms with Crippen LogP contribution < -0.4 is 0 Å². The molecule has 4 saturated carbocycles. The molecule has 192 valence electrons. The zero-order valence-corrected chi connectivity index (χ0v) is 21.6. The number of rotatable bonds is 9. The Morgan fingerprint density at radius 2 is 1.50 bits per heavy atom. The highest BCUT2D eigenvalue weighted by atomic mass is 16.4. The molecule has 0 heterocycles. The van der Waals surface area contributed by atoms with Crippen LogP contribution in [0.1, 0.15) is 111 Å². The Hall–Kier alpha value is -1.39. The molecule has 5 heteroatoms. The average Bonchev–Trinajstić information content (AvgIpc) is 3.13. The van der Waals surface area contributed by atoms with Gasteiger partial charge < -0.3 is 10.2 Å². The van der Waals surface area contributed by atoms with E-state index in [9.17, 15) is 19.5 Å². The second-order valence-electron chi connectivity index (χ2n) is 13.0. The number of ketones is 1. The summed E-state index contributed by atoms with van der Waals surface area (Å²) in [6, 6.07) is 0. The number of carboxylic acid groups (broad SMARTS) is 2. The van der Waals surface area contributed by atoms with Crippen molar-refractivity contribution in [2.24, 2.45) is 52.3 Å². The van der Waals surface area contributed by atoms with Crippen molar-refractivity contribution in [1.29, 1.82) is 0 Å². The fourth-order valence-electron chi connectivity index (χ4n) is 9.83. The molecule has 2 N–H and O–H groups in total. The zero-order valence-electron chi connectivity index (χ0n) is 21.6. The van der Waals surface area contributed by atoms with E-state index in [1.807, 2.05) is 0 Å². The zero-order chi connectivity index (χ0) is 24.7. The smallest absolute Gasteiger partial charge is 0.303 e. The molecule has 4 aliphatic carbocycles. The van der Waals surface area contributed by atoms with Gasteiger partial charge in [-0.2, -0.15) is 0 Å². The molecule has 0 bridgehead atoms. The summed E-state index contributed by atoms with van der Waals surface area (Å²) in [5, 5.41) is 18.3. The van der Waals surface area contributed by atoms with Gasteiger partial charge in [-0.1, -0.05) is 13.8 Å². The van der Waals surface area contributed by atoms with E-state index in [1.54, 1.807) is 6.92 Å². The molecule has 5 nitrogen and oxygen atoms in total. The van der Waals surface area contributed by atoms with E-state index >= 15 is 0 Å². The first-order chi connectivity index (χ1) is 16.1. The third-order valence-electron chi connectivity index (χ3n) is 11.6. The third kappa shape index (κ3) is 4.69. The number of carbonyl (C=O) groups is 3. The summed E-state index contributed by atoms with van der Waals surface area (Å²) in [5.41, 5.74) is 0.576. The largest absolute Gasteiger partial charge is 0.481 e.